The molecule has 1 aliphatic rings. The number of hydrogen-bond acceptors (Lipinski definition) is 4. The van der Waals surface area contributed by atoms with Crippen molar-refractivity contribution < 1.29 is 4.79 Å². The van der Waals surface area contributed by atoms with E-state index in [2.05, 4.69) is 55.7 Å². The van der Waals surface area contributed by atoms with Crippen LogP contribution in [-0.4, -0.2) is 24.0 Å². The van der Waals surface area contributed by atoms with Gasteiger partial charge in [-0.15, -0.1) is 11.3 Å². The molecule has 2 unspecified atom stereocenters. The maximum Gasteiger partial charge on any atom is 0.220 e. The lowest BCUT2D eigenvalue weighted by Crippen LogP contribution is -2.34. The third-order valence-corrected chi connectivity index (χ3v) is 6.99. The molecule has 146 valence electrons. The van der Waals surface area contributed by atoms with E-state index in [4.69, 9.17) is 4.98 Å². The summed E-state index contributed by atoms with van der Waals surface area (Å²) in [6, 6.07) is 8.44. The summed E-state index contributed by atoms with van der Waals surface area (Å²) in [5.41, 5.74) is 3.39. The number of carbonyl (C=O) groups is 1. The van der Waals surface area contributed by atoms with Crippen molar-refractivity contribution in [2.24, 2.45) is 11.8 Å². The van der Waals surface area contributed by atoms with E-state index in [1.165, 1.54) is 18.4 Å². The summed E-state index contributed by atoms with van der Waals surface area (Å²) in [5.74, 6) is 1.24. The molecule has 0 radical (unpaired) electrons. The Bertz CT molecular complexity index is 762. The van der Waals surface area contributed by atoms with Crippen LogP contribution in [0, 0.1) is 25.7 Å². The molecule has 1 aromatic carbocycles. The van der Waals surface area contributed by atoms with Gasteiger partial charge in [0.15, 0.2) is 0 Å². The molecule has 1 amide bonds. The van der Waals surface area contributed by atoms with E-state index in [9.17, 15) is 4.79 Å². The minimum absolute atomic E-state index is 0.00517. The number of amides is 1. The Hall–Kier alpha value is -1.72. The van der Waals surface area contributed by atoms with Crippen LogP contribution in [0.4, 0.5) is 0 Å². The summed E-state index contributed by atoms with van der Waals surface area (Å²) >= 11 is 1.68. The van der Waals surface area contributed by atoms with Crippen LogP contribution in [0.5, 0.6) is 0 Å². The third kappa shape index (κ3) is 5.17. The molecule has 2 N–H and O–H groups in total. The summed E-state index contributed by atoms with van der Waals surface area (Å²) in [4.78, 5) is 18.4. The first-order valence-electron chi connectivity index (χ1n) is 9.98. The molecule has 0 saturated carbocycles. The van der Waals surface area contributed by atoms with E-state index in [1.54, 1.807) is 11.3 Å². The summed E-state index contributed by atoms with van der Waals surface area (Å²) in [6.07, 6.45) is 2.97. The van der Waals surface area contributed by atoms with Gasteiger partial charge in [0.05, 0.1) is 16.6 Å². The average molecular weight is 386 g/mol. The summed E-state index contributed by atoms with van der Waals surface area (Å²) in [5, 5.41) is 7.61. The van der Waals surface area contributed by atoms with Gasteiger partial charge in [-0.1, -0.05) is 36.8 Å². The second-order valence-electron chi connectivity index (χ2n) is 7.89. The normalized spacial score (nSPS) is 17.5. The van der Waals surface area contributed by atoms with Gasteiger partial charge in [-0.3, -0.25) is 4.79 Å². The number of nitrogens with zero attached hydrogens (tertiary/aromatic N) is 1. The lowest BCUT2D eigenvalue weighted by atomic mass is 9.84. The van der Waals surface area contributed by atoms with Crippen LogP contribution < -0.4 is 10.6 Å². The Morgan fingerprint density at radius 1 is 1.22 bits per heavy atom. The number of rotatable bonds is 6. The van der Waals surface area contributed by atoms with Crippen LogP contribution >= 0.6 is 11.3 Å². The van der Waals surface area contributed by atoms with Gasteiger partial charge in [0.25, 0.3) is 0 Å². The molecule has 1 saturated heterocycles. The standard InChI is InChI=1S/C22H31N3OS/c1-14-5-7-19(8-6-14)22-25-17(4)21(27-22)16(3)24-20(26)13-15(2)18-9-11-23-12-10-18/h5-8,15-16,18,23H,9-13H2,1-4H3,(H,24,26). The molecule has 5 heteroatoms. The Kier molecular flexibility index (Phi) is 6.66. The zero-order chi connectivity index (χ0) is 19.4. The van der Waals surface area contributed by atoms with Crippen LogP contribution in [0.2, 0.25) is 0 Å². The summed E-state index contributed by atoms with van der Waals surface area (Å²) in [7, 11) is 0. The fraction of sp³-hybridized carbons (Fsp3) is 0.545. The van der Waals surface area contributed by atoms with Gasteiger partial charge < -0.3 is 10.6 Å². The molecule has 1 fully saturated rings. The number of hydrogen-bond donors (Lipinski definition) is 2. The smallest absolute Gasteiger partial charge is 0.220 e. The van der Waals surface area contributed by atoms with E-state index in [1.807, 2.05) is 6.92 Å². The Balaban J connectivity index is 1.61. The molecule has 0 aliphatic carbocycles. The monoisotopic (exact) mass is 385 g/mol. The van der Waals surface area contributed by atoms with Gasteiger partial charge in [-0.2, -0.15) is 0 Å². The molecule has 1 aromatic heterocycles. The molecular formula is C22H31N3OS. The molecular weight excluding hydrogens is 354 g/mol. The Morgan fingerprint density at radius 3 is 2.56 bits per heavy atom. The highest BCUT2D eigenvalue weighted by Gasteiger charge is 2.23. The SMILES string of the molecule is Cc1ccc(-c2nc(C)c(C(C)NC(=O)CC(C)C3CCNCC3)s2)cc1. The van der Waals surface area contributed by atoms with Crippen molar-refractivity contribution in [3.8, 4) is 10.6 Å². The molecule has 2 atom stereocenters. The minimum atomic E-state index is -0.00517. The van der Waals surface area contributed by atoms with E-state index < -0.39 is 0 Å². The van der Waals surface area contributed by atoms with Gasteiger partial charge in [-0.25, -0.2) is 4.98 Å². The number of benzene rings is 1. The lowest BCUT2D eigenvalue weighted by molar-refractivity contribution is -0.123. The first-order valence-corrected chi connectivity index (χ1v) is 10.8. The maximum atomic E-state index is 12.6. The highest BCUT2D eigenvalue weighted by atomic mass is 32.1. The summed E-state index contributed by atoms with van der Waals surface area (Å²) < 4.78 is 0. The maximum absolute atomic E-state index is 12.6. The van der Waals surface area contributed by atoms with Gasteiger partial charge >= 0.3 is 0 Å². The van der Waals surface area contributed by atoms with Crippen molar-refractivity contribution in [2.45, 2.75) is 53.0 Å². The quantitative estimate of drug-likeness (QED) is 0.762. The molecule has 1 aliphatic heterocycles. The van der Waals surface area contributed by atoms with E-state index >= 15 is 0 Å². The fourth-order valence-corrected chi connectivity index (χ4v) is 4.94. The zero-order valence-corrected chi connectivity index (χ0v) is 17.7. The molecule has 2 aromatic rings. The molecule has 0 bridgehead atoms. The van der Waals surface area contributed by atoms with Gasteiger partial charge in [0.2, 0.25) is 5.91 Å². The molecule has 3 rings (SSSR count). The lowest BCUT2D eigenvalue weighted by Gasteiger charge is -2.28. The van der Waals surface area contributed by atoms with E-state index in [0.717, 1.165) is 34.2 Å². The van der Waals surface area contributed by atoms with E-state index in [0.29, 0.717) is 18.3 Å². The largest absolute Gasteiger partial charge is 0.349 e. The second-order valence-corrected chi connectivity index (χ2v) is 8.92. The first kappa shape index (κ1) is 20.0. The average Bonchev–Trinajstić information content (AvgIpc) is 3.04. The first-order chi connectivity index (χ1) is 12.9. The predicted molar refractivity (Wildman–Crippen MR) is 113 cm³/mol. The number of nitrogens with one attached hydrogen (secondary N) is 2. The minimum Gasteiger partial charge on any atom is -0.349 e. The fourth-order valence-electron chi connectivity index (χ4n) is 3.87. The van der Waals surface area contributed by atoms with Crippen molar-refractivity contribution in [3.63, 3.8) is 0 Å². The van der Waals surface area contributed by atoms with Crippen molar-refractivity contribution in [1.29, 1.82) is 0 Å². The highest BCUT2D eigenvalue weighted by Crippen LogP contribution is 2.32. The number of thiazole rings is 1. The Labute approximate surface area is 166 Å². The van der Waals surface area contributed by atoms with Gasteiger partial charge in [0, 0.05) is 12.0 Å². The van der Waals surface area contributed by atoms with Gasteiger partial charge in [-0.05, 0) is 58.5 Å². The third-order valence-electron chi connectivity index (χ3n) is 5.60. The van der Waals surface area contributed by atoms with Crippen LogP contribution in [0.25, 0.3) is 10.6 Å². The molecule has 4 nitrogen and oxygen atoms in total. The Morgan fingerprint density at radius 2 is 1.89 bits per heavy atom. The number of piperidine rings is 1. The van der Waals surface area contributed by atoms with Crippen molar-refractivity contribution >= 4 is 17.2 Å². The van der Waals surface area contributed by atoms with Crippen molar-refractivity contribution in [3.05, 3.63) is 40.4 Å². The van der Waals surface area contributed by atoms with Crippen molar-refractivity contribution in [2.75, 3.05) is 13.1 Å². The predicted octanol–water partition coefficient (Wildman–Crippen LogP) is 4.63. The van der Waals surface area contributed by atoms with E-state index in [-0.39, 0.29) is 11.9 Å². The zero-order valence-electron chi connectivity index (χ0n) is 16.8. The van der Waals surface area contributed by atoms with Crippen molar-refractivity contribution in [1.82, 2.24) is 15.6 Å². The summed E-state index contributed by atoms with van der Waals surface area (Å²) in [6.45, 7) is 10.6. The molecule has 2 heterocycles. The molecule has 27 heavy (non-hydrogen) atoms. The van der Waals surface area contributed by atoms with Crippen LogP contribution in [0.1, 0.15) is 55.3 Å². The second kappa shape index (κ2) is 8.98. The number of carbonyl (C=O) groups excluding carboxylic acids is 1. The highest BCUT2D eigenvalue weighted by molar-refractivity contribution is 7.15. The number of aromatic nitrogens is 1. The molecule has 0 spiro atoms. The van der Waals surface area contributed by atoms with Crippen LogP contribution in [0.3, 0.4) is 0 Å². The topological polar surface area (TPSA) is 54.0 Å². The van der Waals surface area contributed by atoms with Crippen LogP contribution in [0.15, 0.2) is 24.3 Å². The van der Waals surface area contributed by atoms with Gasteiger partial charge in [0.1, 0.15) is 5.01 Å². The van der Waals surface area contributed by atoms with Crippen LogP contribution in [-0.2, 0) is 4.79 Å². The number of aryl methyl sites for hydroxylation is 2.